The van der Waals surface area contributed by atoms with Crippen molar-refractivity contribution < 1.29 is 9.21 Å². The monoisotopic (exact) mass is 481 g/mol. The Kier molecular flexibility index (Phi) is 7.13. The smallest absolute Gasteiger partial charge is 0.408 e. The second kappa shape index (κ2) is 10.2. The number of carbonyl (C=O) groups excluding carboxylic acids is 1. The Bertz CT molecular complexity index is 1310. The van der Waals surface area contributed by atoms with Gasteiger partial charge in [-0.05, 0) is 60.5 Å². The first-order valence-electron chi connectivity index (χ1n) is 11.0. The van der Waals surface area contributed by atoms with Crippen molar-refractivity contribution in [2.24, 2.45) is 0 Å². The second-order valence-corrected chi connectivity index (χ2v) is 8.41. The summed E-state index contributed by atoms with van der Waals surface area (Å²) < 4.78 is 5.06. The molecular weight excluding hydrogens is 454 g/mol. The van der Waals surface area contributed by atoms with E-state index < -0.39 is 5.76 Å². The lowest BCUT2D eigenvalue weighted by Crippen LogP contribution is -2.39. The van der Waals surface area contributed by atoms with Crippen molar-refractivity contribution in [3.05, 3.63) is 64.1 Å². The average Bonchev–Trinajstić information content (AvgIpc) is 3.58. The van der Waals surface area contributed by atoms with Gasteiger partial charge in [0.1, 0.15) is 0 Å². The van der Waals surface area contributed by atoms with Crippen LogP contribution in [0.4, 0.5) is 0 Å². The van der Waals surface area contributed by atoms with Crippen molar-refractivity contribution in [1.82, 2.24) is 35.4 Å². The number of nitrogens with one attached hydrogen (secondary N) is 2. The van der Waals surface area contributed by atoms with Gasteiger partial charge in [-0.1, -0.05) is 24.3 Å². The first-order valence-corrected chi connectivity index (χ1v) is 11.0. The van der Waals surface area contributed by atoms with E-state index >= 15 is 0 Å². The van der Waals surface area contributed by atoms with Gasteiger partial charge in [-0.2, -0.15) is 18.7 Å². The molecule has 2 aromatic carbocycles. The highest BCUT2D eigenvalue weighted by molar-refractivity contribution is 7.59. The Morgan fingerprint density at radius 2 is 2.03 bits per heavy atom. The molecule has 0 aliphatic carbocycles. The highest BCUT2D eigenvalue weighted by Crippen LogP contribution is 2.27. The number of aromatic amines is 2. The standard InChI is InChI=1S/C23H25N7O3.H2S/c1-29(21(31)12-15-7-8-20-18(11-15)24-23(32)33-20)19(14-30-9-2-3-10-30)16-5-4-6-17(13-16)22-25-27-28-26-22;/h4-8,11,13,19H,2-3,9-10,12,14H2,1H3,(H,24,32)(H,25,26,27,28);1H2/t19-;/m1./s1. The number of carbonyl (C=O) groups is 1. The van der Waals surface area contributed by atoms with E-state index in [1.807, 2.05) is 42.3 Å². The van der Waals surface area contributed by atoms with Crippen LogP contribution in [0.3, 0.4) is 0 Å². The Balaban J connectivity index is 0.00000274. The van der Waals surface area contributed by atoms with Gasteiger partial charge in [0.2, 0.25) is 11.7 Å². The van der Waals surface area contributed by atoms with E-state index in [2.05, 4.69) is 30.5 Å². The fraction of sp³-hybridized carbons (Fsp3) is 0.348. The Morgan fingerprint density at radius 3 is 2.79 bits per heavy atom. The van der Waals surface area contributed by atoms with Crippen LogP contribution in [-0.2, 0) is 11.2 Å². The number of likely N-dealkylation sites (N-methyl/N-ethyl adjacent to an activating group) is 1. The van der Waals surface area contributed by atoms with Crippen LogP contribution in [-0.4, -0.2) is 68.0 Å². The average molecular weight is 482 g/mol. The molecule has 178 valence electrons. The van der Waals surface area contributed by atoms with E-state index in [-0.39, 0.29) is 31.9 Å². The zero-order valence-electron chi connectivity index (χ0n) is 18.8. The molecule has 2 N–H and O–H groups in total. The molecule has 1 fully saturated rings. The number of rotatable bonds is 7. The molecule has 0 unspecified atom stereocenters. The Labute approximate surface area is 202 Å². The number of benzene rings is 2. The predicted octanol–water partition coefficient (Wildman–Crippen LogP) is 2.25. The van der Waals surface area contributed by atoms with Gasteiger partial charge in [-0.25, -0.2) is 4.79 Å². The third-order valence-electron chi connectivity index (χ3n) is 6.20. The topological polar surface area (TPSA) is 124 Å². The van der Waals surface area contributed by atoms with Gasteiger partial charge in [-0.15, -0.1) is 10.2 Å². The van der Waals surface area contributed by atoms with Gasteiger partial charge < -0.3 is 14.2 Å². The molecule has 1 atom stereocenters. The molecular formula is C23H27N7O3S. The quantitative estimate of drug-likeness (QED) is 0.415. The highest BCUT2D eigenvalue weighted by atomic mass is 32.1. The van der Waals surface area contributed by atoms with Gasteiger partial charge in [0.05, 0.1) is 18.0 Å². The molecule has 0 saturated carbocycles. The van der Waals surface area contributed by atoms with E-state index in [4.69, 9.17) is 4.42 Å². The van der Waals surface area contributed by atoms with Gasteiger partial charge in [0, 0.05) is 19.2 Å². The van der Waals surface area contributed by atoms with Gasteiger partial charge in [-0.3, -0.25) is 9.78 Å². The maximum Gasteiger partial charge on any atom is 0.417 e. The van der Waals surface area contributed by atoms with Gasteiger partial charge in [0.25, 0.3) is 0 Å². The number of tetrazole rings is 1. The van der Waals surface area contributed by atoms with Gasteiger partial charge >= 0.3 is 5.76 Å². The van der Waals surface area contributed by atoms with Crippen molar-refractivity contribution in [2.45, 2.75) is 25.3 Å². The molecule has 0 radical (unpaired) electrons. The number of nitrogens with zero attached hydrogens (tertiary/aromatic N) is 5. The zero-order valence-corrected chi connectivity index (χ0v) is 19.8. The third-order valence-corrected chi connectivity index (χ3v) is 6.20. The lowest BCUT2D eigenvalue weighted by atomic mass is 10.0. The molecule has 5 rings (SSSR count). The summed E-state index contributed by atoms with van der Waals surface area (Å²) in [5.74, 6) is 0.0141. The number of H-pyrrole nitrogens is 2. The maximum atomic E-state index is 13.3. The lowest BCUT2D eigenvalue weighted by Gasteiger charge is -2.32. The molecule has 2 aromatic heterocycles. The molecule has 4 aromatic rings. The molecule has 11 heteroatoms. The fourth-order valence-electron chi connectivity index (χ4n) is 4.41. The number of amides is 1. The van der Waals surface area contributed by atoms with E-state index in [1.54, 1.807) is 12.1 Å². The number of aromatic nitrogens is 5. The van der Waals surface area contributed by atoms with Crippen LogP contribution >= 0.6 is 13.5 Å². The lowest BCUT2D eigenvalue weighted by molar-refractivity contribution is -0.131. The summed E-state index contributed by atoms with van der Waals surface area (Å²) >= 11 is 0. The van der Waals surface area contributed by atoms with Crippen LogP contribution in [0.15, 0.2) is 51.7 Å². The Morgan fingerprint density at radius 1 is 1.21 bits per heavy atom. The summed E-state index contributed by atoms with van der Waals surface area (Å²) in [6.07, 6.45) is 2.58. The first kappa shape index (κ1) is 23.7. The fourth-order valence-corrected chi connectivity index (χ4v) is 4.41. The van der Waals surface area contributed by atoms with Crippen molar-refractivity contribution in [3.8, 4) is 11.4 Å². The molecule has 1 amide bonds. The second-order valence-electron chi connectivity index (χ2n) is 8.41. The number of hydrogen-bond acceptors (Lipinski definition) is 7. The SMILES string of the molecule is CN(C(=O)Cc1ccc2oc(=O)[nH]c2c1)[C@H](CN1CCCC1)c1cccc(-c2nn[nH]n2)c1.S. The summed E-state index contributed by atoms with van der Waals surface area (Å²) in [5.41, 5.74) is 3.76. The van der Waals surface area contributed by atoms with Crippen LogP contribution < -0.4 is 5.76 Å². The normalized spacial score (nSPS) is 14.7. The van der Waals surface area contributed by atoms with Crippen LogP contribution in [0, 0.1) is 0 Å². The van der Waals surface area contributed by atoms with Crippen LogP contribution in [0.25, 0.3) is 22.5 Å². The van der Waals surface area contributed by atoms with Crippen molar-refractivity contribution in [1.29, 1.82) is 0 Å². The summed E-state index contributed by atoms with van der Waals surface area (Å²) in [5, 5.41) is 14.3. The zero-order chi connectivity index (χ0) is 22.8. The number of hydrogen-bond donors (Lipinski definition) is 2. The van der Waals surface area contributed by atoms with Crippen molar-refractivity contribution in [3.63, 3.8) is 0 Å². The Hall–Kier alpha value is -3.44. The third kappa shape index (κ3) is 5.05. The van der Waals surface area contributed by atoms with Crippen molar-refractivity contribution in [2.75, 3.05) is 26.7 Å². The number of likely N-dealkylation sites (tertiary alicyclic amines) is 1. The molecule has 1 aliphatic rings. The molecule has 10 nitrogen and oxygen atoms in total. The summed E-state index contributed by atoms with van der Waals surface area (Å²) in [7, 11) is 1.85. The minimum Gasteiger partial charge on any atom is -0.408 e. The van der Waals surface area contributed by atoms with E-state index in [9.17, 15) is 9.59 Å². The minimum atomic E-state index is -0.502. The van der Waals surface area contributed by atoms with E-state index in [1.165, 1.54) is 12.8 Å². The van der Waals surface area contributed by atoms with E-state index in [0.717, 1.165) is 36.3 Å². The predicted molar refractivity (Wildman–Crippen MR) is 132 cm³/mol. The summed E-state index contributed by atoms with van der Waals surface area (Å²) in [6.45, 7) is 2.83. The van der Waals surface area contributed by atoms with Crippen LogP contribution in [0.2, 0.25) is 0 Å². The van der Waals surface area contributed by atoms with E-state index in [0.29, 0.717) is 16.9 Å². The molecule has 0 bridgehead atoms. The molecule has 1 aliphatic heterocycles. The molecule has 3 heterocycles. The van der Waals surface area contributed by atoms with Crippen LogP contribution in [0.1, 0.15) is 30.0 Å². The molecule has 34 heavy (non-hydrogen) atoms. The number of oxazole rings is 1. The summed E-state index contributed by atoms with van der Waals surface area (Å²) in [4.78, 5) is 31.6. The highest BCUT2D eigenvalue weighted by Gasteiger charge is 2.26. The number of fused-ring (bicyclic) bond motifs is 1. The van der Waals surface area contributed by atoms with Gasteiger partial charge in [0.15, 0.2) is 5.58 Å². The minimum absolute atomic E-state index is 0. The first-order chi connectivity index (χ1) is 16.1. The maximum absolute atomic E-state index is 13.3. The summed E-state index contributed by atoms with van der Waals surface area (Å²) in [6, 6.07) is 13.2. The largest absolute Gasteiger partial charge is 0.417 e. The molecule has 1 saturated heterocycles. The van der Waals surface area contributed by atoms with Crippen molar-refractivity contribution >= 4 is 30.5 Å². The van der Waals surface area contributed by atoms with Crippen LogP contribution in [0.5, 0.6) is 0 Å². The molecule has 0 spiro atoms.